The van der Waals surface area contributed by atoms with Crippen molar-refractivity contribution < 1.29 is 13.2 Å². The molecule has 0 atom stereocenters. The van der Waals surface area contributed by atoms with E-state index in [0.717, 1.165) is 16.1 Å². The van der Waals surface area contributed by atoms with Crippen molar-refractivity contribution in [1.29, 1.82) is 0 Å². The highest BCUT2D eigenvalue weighted by molar-refractivity contribution is 14.1. The molecule has 1 N–H and O–H groups in total. The number of nitrogens with zero attached hydrogens (tertiary/aromatic N) is 2. The topological polar surface area (TPSA) is 37.8 Å². The van der Waals surface area contributed by atoms with Crippen LogP contribution in [0.3, 0.4) is 0 Å². The Morgan fingerprint density at radius 1 is 1.24 bits per heavy atom. The van der Waals surface area contributed by atoms with E-state index in [4.69, 9.17) is 0 Å². The van der Waals surface area contributed by atoms with Gasteiger partial charge < -0.3 is 5.32 Å². The maximum atomic E-state index is 13.0. The van der Waals surface area contributed by atoms with Gasteiger partial charge in [0.05, 0.1) is 9.13 Å². The Kier molecular flexibility index (Phi) is 5.02. The molecule has 0 saturated heterocycles. The van der Waals surface area contributed by atoms with Gasteiger partial charge in [0, 0.05) is 18.3 Å². The van der Waals surface area contributed by atoms with E-state index in [9.17, 15) is 13.2 Å². The minimum absolute atomic E-state index is 0.0130. The molecule has 7 heteroatoms. The summed E-state index contributed by atoms with van der Waals surface area (Å²) in [5.41, 5.74) is -0.742. The largest absolute Gasteiger partial charge is 0.417 e. The highest BCUT2D eigenvalue weighted by atomic mass is 127. The van der Waals surface area contributed by atoms with E-state index in [2.05, 4.69) is 37.9 Å². The van der Waals surface area contributed by atoms with Crippen LogP contribution in [0.5, 0.6) is 0 Å². The predicted octanol–water partition coefficient (Wildman–Crippen LogP) is 4.59. The molecule has 112 valence electrons. The van der Waals surface area contributed by atoms with Crippen LogP contribution in [-0.4, -0.2) is 16.5 Å². The average molecular weight is 407 g/mol. The van der Waals surface area contributed by atoms with Gasteiger partial charge in [-0.3, -0.25) is 0 Å². The molecule has 0 aliphatic rings. The Hall–Kier alpha value is -1.38. The molecule has 0 aliphatic carbocycles. The molecule has 1 heterocycles. The first-order chi connectivity index (χ1) is 9.93. The molecular weight excluding hydrogens is 394 g/mol. The fourth-order valence-electron chi connectivity index (χ4n) is 1.79. The Labute approximate surface area is 134 Å². The predicted molar refractivity (Wildman–Crippen MR) is 84.0 cm³/mol. The third-order valence-corrected chi connectivity index (χ3v) is 3.55. The zero-order valence-corrected chi connectivity index (χ0v) is 13.4. The van der Waals surface area contributed by atoms with E-state index in [1.54, 1.807) is 6.07 Å². The second-order valence-corrected chi connectivity index (χ2v) is 5.52. The third kappa shape index (κ3) is 3.84. The smallest absolute Gasteiger partial charge is 0.369 e. The van der Waals surface area contributed by atoms with Gasteiger partial charge in [0.25, 0.3) is 0 Å². The minimum Gasteiger partial charge on any atom is -0.369 e. The number of benzene rings is 1. The van der Waals surface area contributed by atoms with Gasteiger partial charge >= 0.3 is 6.18 Å². The number of nitrogens with one attached hydrogen (secondary N) is 1. The summed E-state index contributed by atoms with van der Waals surface area (Å²) in [6.07, 6.45) is -2.01. The van der Waals surface area contributed by atoms with Gasteiger partial charge in [0.15, 0.2) is 5.82 Å². The van der Waals surface area contributed by atoms with E-state index in [0.29, 0.717) is 12.4 Å². The summed E-state index contributed by atoms with van der Waals surface area (Å²) in [6, 6.07) is 5.32. The monoisotopic (exact) mass is 407 g/mol. The first-order valence-electron chi connectivity index (χ1n) is 6.36. The van der Waals surface area contributed by atoms with Crippen LogP contribution in [0.4, 0.5) is 19.0 Å². The molecule has 0 amide bonds. The first kappa shape index (κ1) is 16.0. The Morgan fingerprint density at radius 3 is 2.62 bits per heavy atom. The lowest BCUT2D eigenvalue weighted by Crippen LogP contribution is -2.10. The quantitative estimate of drug-likeness (QED) is 0.754. The average Bonchev–Trinajstić information content (AvgIpc) is 2.45. The third-order valence-electron chi connectivity index (χ3n) is 2.76. The molecule has 0 aliphatic heterocycles. The molecule has 0 radical (unpaired) electrons. The lowest BCUT2D eigenvalue weighted by atomic mass is 10.1. The first-order valence-corrected chi connectivity index (χ1v) is 7.44. The van der Waals surface area contributed by atoms with Crippen LogP contribution in [0.1, 0.15) is 18.9 Å². The van der Waals surface area contributed by atoms with Gasteiger partial charge in [-0.25, -0.2) is 9.97 Å². The summed E-state index contributed by atoms with van der Waals surface area (Å²) in [5, 5.41) is 3.09. The van der Waals surface area contributed by atoms with E-state index >= 15 is 0 Å². The summed E-state index contributed by atoms with van der Waals surface area (Å²) in [7, 11) is 0. The fraction of sp³-hybridized carbons (Fsp3) is 0.286. The van der Waals surface area contributed by atoms with Gasteiger partial charge in [0.1, 0.15) is 5.82 Å². The standard InChI is InChI=1S/C14H13F3IN3/c1-2-7-19-13-11(18)8-20-12(21-13)9-5-3-4-6-10(9)14(15,16)17/h3-6,8H,2,7H2,1H3,(H,19,20,21). The van der Waals surface area contributed by atoms with Crippen LogP contribution in [0.25, 0.3) is 11.4 Å². The lowest BCUT2D eigenvalue weighted by Gasteiger charge is -2.13. The number of anilines is 1. The lowest BCUT2D eigenvalue weighted by molar-refractivity contribution is -0.137. The summed E-state index contributed by atoms with van der Waals surface area (Å²) in [4.78, 5) is 8.26. The molecule has 0 unspecified atom stereocenters. The highest BCUT2D eigenvalue weighted by Gasteiger charge is 2.34. The van der Waals surface area contributed by atoms with Crippen LogP contribution in [-0.2, 0) is 6.18 Å². The molecule has 1 aromatic heterocycles. The molecular formula is C14H13F3IN3. The van der Waals surface area contributed by atoms with Crippen LogP contribution in [0.2, 0.25) is 0 Å². The summed E-state index contributed by atoms with van der Waals surface area (Å²) >= 11 is 2.05. The SMILES string of the molecule is CCCNc1nc(-c2ccccc2C(F)(F)F)ncc1I. The minimum atomic E-state index is -4.43. The normalized spacial score (nSPS) is 11.5. The number of rotatable bonds is 4. The molecule has 0 fully saturated rings. The molecule has 21 heavy (non-hydrogen) atoms. The number of alkyl halides is 3. The molecule has 2 aromatic rings. The highest BCUT2D eigenvalue weighted by Crippen LogP contribution is 2.36. The van der Waals surface area contributed by atoms with Crippen molar-refractivity contribution in [3.8, 4) is 11.4 Å². The number of halogens is 4. The van der Waals surface area contributed by atoms with Gasteiger partial charge in [-0.1, -0.05) is 25.1 Å². The number of hydrogen-bond acceptors (Lipinski definition) is 3. The van der Waals surface area contributed by atoms with Crippen LogP contribution in [0.15, 0.2) is 30.5 Å². The second kappa shape index (κ2) is 6.59. The van der Waals surface area contributed by atoms with Gasteiger partial charge in [-0.15, -0.1) is 0 Å². The van der Waals surface area contributed by atoms with E-state index in [1.165, 1.54) is 18.3 Å². The maximum Gasteiger partial charge on any atom is 0.417 e. The van der Waals surface area contributed by atoms with Gasteiger partial charge in [-0.2, -0.15) is 13.2 Å². The summed E-state index contributed by atoms with van der Waals surface area (Å²) in [5.74, 6) is 0.626. The Morgan fingerprint density at radius 2 is 1.95 bits per heavy atom. The second-order valence-electron chi connectivity index (χ2n) is 4.36. The van der Waals surface area contributed by atoms with Crippen molar-refractivity contribution in [2.24, 2.45) is 0 Å². The van der Waals surface area contributed by atoms with Crippen LogP contribution >= 0.6 is 22.6 Å². The molecule has 0 saturated carbocycles. The number of hydrogen-bond donors (Lipinski definition) is 1. The Bertz CT molecular complexity index is 629. The van der Waals surface area contributed by atoms with E-state index < -0.39 is 11.7 Å². The zero-order valence-electron chi connectivity index (χ0n) is 11.2. The van der Waals surface area contributed by atoms with Gasteiger partial charge in [0.2, 0.25) is 0 Å². The van der Waals surface area contributed by atoms with Crippen LogP contribution in [0, 0.1) is 3.57 Å². The maximum absolute atomic E-state index is 13.0. The number of aromatic nitrogens is 2. The molecule has 3 nitrogen and oxygen atoms in total. The van der Waals surface area contributed by atoms with Crippen LogP contribution < -0.4 is 5.32 Å². The van der Waals surface area contributed by atoms with Crippen molar-refractivity contribution in [2.75, 3.05) is 11.9 Å². The molecule has 1 aromatic carbocycles. The van der Waals surface area contributed by atoms with Crippen molar-refractivity contribution in [2.45, 2.75) is 19.5 Å². The van der Waals surface area contributed by atoms with E-state index in [-0.39, 0.29) is 11.4 Å². The molecule has 2 rings (SSSR count). The van der Waals surface area contributed by atoms with Crippen molar-refractivity contribution in [1.82, 2.24) is 9.97 Å². The van der Waals surface area contributed by atoms with Crippen molar-refractivity contribution in [3.63, 3.8) is 0 Å². The van der Waals surface area contributed by atoms with Crippen molar-refractivity contribution >= 4 is 28.4 Å². The van der Waals surface area contributed by atoms with E-state index in [1.807, 2.05) is 6.92 Å². The molecule has 0 spiro atoms. The molecule has 0 bridgehead atoms. The summed E-state index contributed by atoms with van der Waals surface area (Å²) in [6.45, 7) is 2.70. The van der Waals surface area contributed by atoms with Gasteiger partial charge in [-0.05, 0) is 35.1 Å². The zero-order chi connectivity index (χ0) is 15.5. The van der Waals surface area contributed by atoms with Crippen molar-refractivity contribution in [3.05, 3.63) is 39.6 Å². The summed E-state index contributed by atoms with van der Waals surface area (Å²) < 4.78 is 39.9. The fourth-order valence-corrected chi connectivity index (χ4v) is 2.24. The Balaban J connectivity index is 2.48.